The fourth-order valence-electron chi connectivity index (χ4n) is 4.41. The highest BCUT2D eigenvalue weighted by Crippen LogP contribution is 2.30. The van der Waals surface area contributed by atoms with Crippen molar-refractivity contribution in [1.29, 1.82) is 0 Å². The maximum atomic E-state index is 13.1. The molecular weight excluding hydrogens is 468 g/mol. The van der Waals surface area contributed by atoms with Crippen molar-refractivity contribution in [2.24, 2.45) is 0 Å². The number of aromatic nitrogens is 6. The van der Waals surface area contributed by atoms with E-state index in [1.165, 1.54) is 6.20 Å². The van der Waals surface area contributed by atoms with Crippen molar-refractivity contribution in [2.75, 3.05) is 17.8 Å². The van der Waals surface area contributed by atoms with Crippen molar-refractivity contribution in [1.82, 2.24) is 35.0 Å². The fraction of sp³-hybridized carbons (Fsp3) is 0.174. The summed E-state index contributed by atoms with van der Waals surface area (Å²) < 4.78 is 22.6. The Balaban J connectivity index is 1.41. The van der Waals surface area contributed by atoms with Crippen LogP contribution in [0.2, 0.25) is 0 Å². The third-order valence-electron chi connectivity index (χ3n) is 6.06. The lowest BCUT2D eigenvalue weighted by Crippen LogP contribution is -2.27. The first-order chi connectivity index (χ1) is 17.1. The molecule has 176 valence electrons. The predicted octanol–water partition coefficient (Wildman–Crippen LogP) is 3.35. The van der Waals surface area contributed by atoms with Crippen LogP contribution in [0.3, 0.4) is 0 Å². The van der Waals surface area contributed by atoms with Crippen molar-refractivity contribution >= 4 is 44.9 Å². The number of carbonyl (C=O) groups is 1. The van der Waals surface area contributed by atoms with Crippen molar-refractivity contribution in [3.8, 4) is 22.6 Å². The van der Waals surface area contributed by atoms with E-state index in [1.54, 1.807) is 18.5 Å². The molecule has 35 heavy (non-hydrogen) atoms. The van der Waals surface area contributed by atoms with Crippen LogP contribution in [0.25, 0.3) is 44.7 Å². The lowest BCUT2D eigenvalue weighted by Gasteiger charge is -2.15. The summed E-state index contributed by atoms with van der Waals surface area (Å²) in [6.07, 6.45) is 6.81. The normalized spacial score (nSPS) is 14.6. The van der Waals surface area contributed by atoms with Crippen LogP contribution in [0.15, 0.2) is 48.9 Å². The van der Waals surface area contributed by atoms with Gasteiger partial charge in [-0.25, -0.2) is 14.2 Å². The molecule has 1 fully saturated rings. The molecule has 12 heteroatoms. The number of imidazole rings is 1. The van der Waals surface area contributed by atoms with Crippen LogP contribution in [0.1, 0.15) is 23.2 Å². The van der Waals surface area contributed by atoms with Crippen LogP contribution in [0.4, 0.5) is 5.69 Å². The number of nitrogens with one attached hydrogen (secondary N) is 3. The summed E-state index contributed by atoms with van der Waals surface area (Å²) >= 11 is -2.20. The summed E-state index contributed by atoms with van der Waals surface area (Å²) in [4.78, 5) is 31.6. The van der Waals surface area contributed by atoms with Gasteiger partial charge in [-0.2, -0.15) is 5.10 Å². The molecule has 0 bridgehead atoms. The van der Waals surface area contributed by atoms with Crippen molar-refractivity contribution < 1.29 is 13.6 Å². The molecule has 4 N–H and O–H groups in total. The molecule has 1 aliphatic rings. The number of likely N-dealkylation sites (tertiary alicyclic amines) is 1. The third kappa shape index (κ3) is 3.92. The highest BCUT2D eigenvalue weighted by atomic mass is 32.2. The van der Waals surface area contributed by atoms with Crippen LogP contribution in [-0.2, 0) is 11.3 Å². The number of fused-ring (bicyclic) bond motifs is 2. The predicted molar refractivity (Wildman–Crippen MR) is 132 cm³/mol. The summed E-state index contributed by atoms with van der Waals surface area (Å²) in [5.74, 6) is 0.543. The highest BCUT2D eigenvalue weighted by molar-refractivity contribution is 7.80. The zero-order valence-corrected chi connectivity index (χ0v) is 19.2. The maximum Gasteiger partial charge on any atom is 0.259 e. The molecule has 0 aliphatic carbocycles. The van der Waals surface area contributed by atoms with Gasteiger partial charge in [0.1, 0.15) is 11.2 Å². The van der Waals surface area contributed by atoms with E-state index < -0.39 is 11.3 Å². The van der Waals surface area contributed by atoms with Crippen molar-refractivity contribution in [3.63, 3.8) is 0 Å². The molecule has 1 amide bonds. The lowest BCUT2D eigenvalue weighted by atomic mass is 10.1. The molecule has 1 saturated heterocycles. The molecule has 11 nitrogen and oxygen atoms in total. The number of benzene rings is 1. The average Bonchev–Trinajstić information content (AvgIpc) is 3.62. The molecule has 1 unspecified atom stereocenters. The Morgan fingerprint density at radius 1 is 1.11 bits per heavy atom. The molecule has 0 radical (unpaired) electrons. The first-order valence-corrected chi connectivity index (χ1v) is 12.1. The second kappa shape index (κ2) is 8.56. The van der Waals surface area contributed by atoms with E-state index in [9.17, 15) is 9.00 Å². The van der Waals surface area contributed by atoms with Crippen LogP contribution < -0.4 is 4.72 Å². The van der Waals surface area contributed by atoms with Gasteiger partial charge in [0.15, 0.2) is 11.5 Å². The molecule has 0 saturated carbocycles. The molecule has 1 aliphatic heterocycles. The summed E-state index contributed by atoms with van der Waals surface area (Å²) in [6, 6.07) is 9.17. The number of pyridine rings is 2. The van der Waals surface area contributed by atoms with Crippen LogP contribution in [0.5, 0.6) is 0 Å². The molecule has 4 aromatic heterocycles. The first-order valence-electron chi connectivity index (χ1n) is 11.0. The van der Waals surface area contributed by atoms with E-state index in [-0.39, 0.29) is 5.91 Å². The molecular formula is C23H20N8O3S. The Labute approximate surface area is 201 Å². The van der Waals surface area contributed by atoms with E-state index in [2.05, 4.69) is 29.9 Å². The Hall–Kier alpha value is -4.16. The fourth-order valence-corrected chi connectivity index (χ4v) is 4.72. The number of nitrogens with zero attached hydrogens (tertiary/aromatic N) is 5. The third-order valence-corrected chi connectivity index (χ3v) is 6.47. The Bertz CT molecular complexity index is 1610. The molecule has 1 aromatic carbocycles. The molecule has 5 aromatic rings. The largest absolute Gasteiger partial charge is 0.339 e. The number of amides is 1. The van der Waals surface area contributed by atoms with Gasteiger partial charge in [-0.05, 0) is 37.1 Å². The molecule has 0 spiro atoms. The number of H-pyrrole nitrogens is 2. The van der Waals surface area contributed by atoms with Crippen LogP contribution in [-0.4, -0.2) is 62.8 Å². The van der Waals surface area contributed by atoms with Crippen LogP contribution in [0, 0.1) is 0 Å². The number of para-hydroxylation sites is 1. The van der Waals surface area contributed by atoms with Gasteiger partial charge in [-0.1, -0.05) is 6.07 Å². The number of anilines is 1. The lowest BCUT2D eigenvalue weighted by molar-refractivity contribution is 0.0794. The minimum absolute atomic E-state index is 0.00521. The second-order valence-corrected chi connectivity index (χ2v) is 9.00. The van der Waals surface area contributed by atoms with Crippen molar-refractivity contribution in [3.05, 3.63) is 54.5 Å². The van der Waals surface area contributed by atoms with Gasteiger partial charge in [-0.3, -0.25) is 24.2 Å². The van der Waals surface area contributed by atoms with E-state index in [0.29, 0.717) is 39.5 Å². The zero-order valence-electron chi connectivity index (χ0n) is 18.4. The summed E-state index contributed by atoms with van der Waals surface area (Å²) in [5.41, 5.74) is 4.98. The number of rotatable bonds is 5. The van der Waals surface area contributed by atoms with Gasteiger partial charge in [0.2, 0.25) is 0 Å². The van der Waals surface area contributed by atoms with Gasteiger partial charge in [0, 0.05) is 36.6 Å². The number of hydrogen-bond acceptors (Lipinski definition) is 6. The summed E-state index contributed by atoms with van der Waals surface area (Å²) in [7, 11) is 0. The quantitative estimate of drug-likeness (QED) is 0.277. The number of carbonyl (C=O) groups excluding carboxylic acids is 1. The van der Waals surface area contributed by atoms with E-state index >= 15 is 0 Å². The minimum Gasteiger partial charge on any atom is -0.339 e. The highest BCUT2D eigenvalue weighted by Gasteiger charge is 2.23. The van der Waals surface area contributed by atoms with Gasteiger partial charge in [0.25, 0.3) is 17.2 Å². The van der Waals surface area contributed by atoms with Crippen molar-refractivity contribution in [2.45, 2.75) is 12.8 Å². The topological polar surface area (TPSA) is 153 Å². The van der Waals surface area contributed by atoms with Gasteiger partial charge >= 0.3 is 0 Å². The van der Waals surface area contributed by atoms with Crippen LogP contribution >= 0.6 is 0 Å². The summed E-state index contributed by atoms with van der Waals surface area (Å²) in [6.45, 7) is 1.54. The standard InChI is InChI=1S/C23H20N8O3S/c32-23(31-6-1-2-7-31)16-4-3-5-18-19(16)27-22(26-18)20-17-9-14(11-25-21(17)29-28-20)13-8-15(12-24-10-13)30-35(33)34/h3-5,8-12,30H,1-2,6-7H2,(H,26,27)(H,33,34)(H,25,28,29). The van der Waals surface area contributed by atoms with Gasteiger partial charge in [0.05, 0.1) is 28.4 Å². The molecule has 5 heterocycles. The number of aromatic amines is 2. The van der Waals surface area contributed by atoms with E-state index in [0.717, 1.165) is 42.4 Å². The first kappa shape index (κ1) is 21.4. The minimum atomic E-state index is -2.20. The Morgan fingerprint density at radius 2 is 1.94 bits per heavy atom. The van der Waals surface area contributed by atoms with Gasteiger partial charge in [-0.15, -0.1) is 0 Å². The second-order valence-electron chi connectivity index (χ2n) is 8.29. The molecule has 1 atom stereocenters. The molecule has 6 rings (SSSR count). The maximum absolute atomic E-state index is 13.1. The average molecular weight is 489 g/mol. The smallest absolute Gasteiger partial charge is 0.259 e. The Kier molecular flexibility index (Phi) is 5.23. The SMILES string of the molecule is O=C(c1cccc2[nH]c(-c3[nH]nc4ncc(-c5cncc(NS(=O)O)c5)cc34)nc12)N1CCCC1. The monoisotopic (exact) mass is 488 g/mol. The number of hydrogen-bond donors (Lipinski definition) is 4. The Morgan fingerprint density at radius 3 is 2.77 bits per heavy atom. The van der Waals surface area contributed by atoms with Gasteiger partial charge < -0.3 is 9.88 Å². The summed E-state index contributed by atoms with van der Waals surface area (Å²) in [5, 5.41) is 8.05. The zero-order chi connectivity index (χ0) is 23.9. The van der Waals surface area contributed by atoms with E-state index in [4.69, 9.17) is 9.54 Å². The van der Waals surface area contributed by atoms with E-state index in [1.807, 2.05) is 29.2 Å².